The Bertz CT molecular complexity index is 398. The van der Waals surface area contributed by atoms with Crippen LogP contribution < -0.4 is 0 Å². The Morgan fingerprint density at radius 1 is 1.38 bits per heavy atom. The lowest BCUT2D eigenvalue weighted by molar-refractivity contribution is 0.562. The predicted octanol–water partition coefficient (Wildman–Crippen LogP) is 3.64. The third kappa shape index (κ3) is 3.92. The van der Waals surface area contributed by atoms with Crippen LogP contribution in [0.15, 0.2) is 27.1 Å². The Balaban J connectivity index is 2.85. The summed E-state index contributed by atoms with van der Waals surface area (Å²) in [6.07, 6.45) is 1.68. The zero-order chi connectivity index (χ0) is 12.3. The molecule has 4 heteroatoms. The third-order valence-electron chi connectivity index (χ3n) is 2.04. The van der Waals surface area contributed by atoms with E-state index in [-0.39, 0.29) is 4.75 Å². The van der Waals surface area contributed by atoms with Crippen molar-refractivity contribution < 1.29 is 4.55 Å². The van der Waals surface area contributed by atoms with Crippen LogP contribution >= 0.6 is 15.9 Å². The molecular formula is C12H16BrNOS. The van der Waals surface area contributed by atoms with Gasteiger partial charge in [-0.05, 0) is 45.4 Å². The van der Waals surface area contributed by atoms with Gasteiger partial charge in [-0.2, -0.15) is 0 Å². The van der Waals surface area contributed by atoms with Crippen LogP contribution in [0.1, 0.15) is 31.9 Å². The lowest BCUT2D eigenvalue weighted by Crippen LogP contribution is -2.25. The molecule has 0 aliphatic heterocycles. The number of benzene rings is 1. The van der Waals surface area contributed by atoms with Gasteiger partial charge in [-0.1, -0.05) is 26.4 Å². The lowest BCUT2D eigenvalue weighted by atomic mass is 10.1. The monoisotopic (exact) mass is 301 g/mol. The minimum atomic E-state index is -1.19. The van der Waals surface area contributed by atoms with Crippen molar-refractivity contribution in [3.63, 3.8) is 0 Å². The van der Waals surface area contributed by atoms with Crippen LogP contribution in [0.4, 0.5) is 0 Å². The molecule has 1 atom stereocenters. The second kappa shape index (κ2) is 5.34. The molecule has 0 radical (unpaired) electrons. The molecule has 0 aliphatic carbocycles. The van der Waals surface area contributed by atoms with Crippen molar-refractivity contribution in [3.8, 4) is 0 Å². The Morgan fingerprint density at radius 3 is 2.50 bits per heavy atom. The van der Waals surface area contributed by atoms with Crippen molar-refractivity contribution in [3.05, 3.63) is 33.8 Å². The van der Waals surface area contributed by atoms with Gasteiger partial charge in [-0.25, -0.2) is 0 Å². The summed E-state index contributed by atoms with van der Waals surface area (Å²) in [5.74, 6) is 0. The number of hydrogen-bond acceptors (Lipinski definition) is 2. The van der Waals surface area contributed by atoms with Gasteiger partial charge in [0.1, 0.15) is 16.1 Å². The first kappa shape index (κ1) is 13.7. The van der Waals surface area contributed by atoms with E-state index >= 15 is 0 Å². The zero-order valence-electron chi connectivity index (χ0n) is 9.95. The van der Waals surface area contributed by atoms with Gasteiger partial charge in [0.15, 0.2) is 0 Å². The first-order valence-electron chi connectivity index (χ1n) is 5.03. The van der Waals surface area contributed by atoms with E-state index in [1.54, 1.807) is 6.21 Å². The summed E-state index contributed by atoms with van der Waals surface area (Å²) in [6.45, 7) is 7.74. The molecule has 2 nitrogen and oxygen atoms in total. The van der Waals surface area contributed by atoms with Gasteiger partial charge < -0.3 is 4.55 Å². The topological polar surface area (TPSA) is 35.4 Å². The number of hydrogen-bond donors (Lipinski definition) is 0. The van der Waals surface area contributed by atoms with Crippen LogP contribution in [0.2, 0.25) is 0 Å². The smallest absolute Gasteiger partial charge is 0.144 e. The zero-order valence-corrected chi connectivity index (χ0v) is 12.4. The number of nitrogens with zero attached hydrogens (tertiary/aromatic N) is 1. The highest BCUT2D eigenvalue weighted by molar-refractivity contribution is 9.10. The number of rotatable bonds is 2. The Kier molecular flexibility index (Phi) is 4.59. The molecule has 0 aromatic heterocycles. The molecule has 0 N–H and O–H groups in total. The van der Waals surface area contributed by atoms with Gasteiger partial charge in [0.05, 0.1) is 6.21 Å². The molecule has 88 valence electrons. The highest BCUT2D eigenvalue weighted by Gasteiger charge is 2.25. The van der Waals surface area contributed by atoms with Gasteiger partial charge in [-0.3, -0.25) is 0 Å². The summed E-state index contributed by atoms with van der Waals surface area (Å²) >= 11 is 2.21. The van der Waals surface area contributed by atoms with E-state index in [1.165, 1.54) is 0 Å². The molecule has 0 spiro atoms. The summed E-state index contributed by atoms with van der Waals surface area (Å²) in [5.41, 5.74) is 2.12. The standard InChI is InChI=1S/C12H16BrNOS/c1-9-7-11(13)6-5-10(9)8-14-16(15)12(2,3)4/h5-8H,1-4H3/b14-8+/t16-/m1/s1. The van der Waals surface area contributed by atoms with E-state index in [2.05, 4.69) is 20.3 Å². The molecule has 0 saturated heterocycles. The molecule has 16 heavy (non-hydrogen) atoms. The minimum Gasteiger partial charge on any atom is -0.591 e. The van der Waals surface area contributed by atoms with Crippen molar-refractivity contribution in [1.29, 1.82) is 0 Å². The lowest BCUT2D eigenvalue weighted by Gasteiger charge is -2.17. The van der Waals surface area contributed by atoms with Gasteiger partial charge in [-0.15, -0.1) is 0 Å². The van der Waals surface area contributed by atoms with Crippen LogP contribution in [0, 0.1) is 6.92 Å². The maximum atomic E-state index is 11.7. The van der Waals surface area contributed by atoms with Crippen LogP contribution in [-0.4, -0.2) is 15.5 Å². The van der Waals surface area contributed by atoms with Crippen LogP contribution in [0.25, 0.3) is 0 Å². The van der Waals surface area contributed by atoms with Crippen molar-refractivity contribution >= 4 is 33.5 Å². The molecule has 0 saturated carbocycles. The number of aryl methyl sites for hydroxylation is 1. The second-order valence-corrected chi connectivity index (χ2v) is 7.45. The molecule has 0 fully saturated rings. The van der Waals surface area contributed by atoms with Crippen LogP contribution in [-0.2, 0) is 11.4 Å². The molecule has 1 aromatic rings. The fraction of sp³-hybridized carbons (Fsp3) is 0.417. The first-order valence-corrected chi connectivity index (χ1v) is 6.93. The summed E-state index contributed by atoms with van der Waals surface area (Å²) in [7, 11) is 0. The van der Waals surface area contributed by atoms with Crippen LogP contribution in [0.3, 0.4) is 0 Å². The highest BCUT2D eigenvalue weighted by atomic mass is 79.9. The van der Waals surface area contributed by atoms with Crippen molar-refractivity contribution in [2.24, 2.45) is 4.40 Å². The summed E-state index contributed by atoms with van der Waals surface area (Å²) in [4.78, 5) is 0. The average Bonchev–Trinajstić information content (AvgIpc) is 2.14. The maximum absolute atomic E-state index is 11.7. The molecule has 0 heterocycles. The van der Waals surface area contributed by atoms with E-state index in [9.17, 15) is 4.55 Å². The molecule has 1 rings (SSSR count). The molecule has 1 aromatic carbocycles. The fourth-order valence-electron chi connectivity index (χ4n) is 1.05. The van der Waals surface area contributed by atoms with Gasteiger partial charge in [0, 0.05) is 10.0 Å². The van der Waals surface area contributed by atoms with Crippen molar-refractivity contribution in [2.45, 2.75) is 32.4 Å². The van der Waals surface area contributed by atoms with E-state index < -0.39 is 11.4 Å². The first-order chi connectivity index (χ1) is 7.30. The molecular weight excluding hydrogens is 286 g/mol. The van der Waals surface area contributed by atoms with E-state index in [0.29, 0.717) is 0 Å². The second-order valence-electron chi connectivity index (χ2n) is 4.60. The molecule has 0 aliphatic rings. The summed E-state index contributed by atoms with van der Waals surface area (Å²) < 4.78 is 16.5. The van der Waals surface area contributed by atoms with E-state index in [4.69, 9.17) is 0 Å². The van der Waals surface area contributed by atoms with Gasteiger partial charge in [0.25, 0.3) is 0 Å². The van der Waals surface area contributed by atoms with Gasteiger partial charge in [0.2, 0.25) is 0 Å². The normalized spacial score (nSPS) is 14.4. The summed E-state index contributed by atoms with van der Waals surface area (Å²) in [5, 5.41) is 0. The van der Waals surface area contributed by atoms with E-state index in [0.717, 1.165) is 15.6 Å². The van der Waals surface area contributed by atoms with Crippen LogP contribution in [0.5, 0.6) is 0 Å². The van der Waals surface area contributed by atoms with E-state index in [1.807, 2.05) is 45.9 Å². The number of halogens is 1. The molecule has 0 bridgehead atoms. The van der Waals surface area contributed by atoms with Crippen molar-refractivity contribution in [1.82, 2.24) is 0 Å². The molecule has 0 amide bonds. The van der Waals surface area contributed by atoms with Gasteiger partial charge >= 0.3 is 0 Å². The Labute approximate surface area is 109 Å². The SMILES string of the molecule is Cc1cc(Br)ccc1/C=N/[S@+]([O-])C(C)(C)C. The third-order valence-corrected chi connectivity index (χ3v) is 3.88. The average molecular weight is 302 g/mol. The Hall–Kier alpha value is -0.320. The Morgan fingerprint density at radius 2 is 2.00 bits per heavy atom. The minimum absolute atomic E-state index is 0.306. The predicted molar refractivity (Wildman–Crippen MR) is 74.4 cm³/mol. The maximum Gasteiger partial charge on any atom is 0.144 e. The molecule has 0 unspecified atom stereocenters. The quantitative estimate of drug-likeness (QED) is 0.607. The largest absolute Gasteiger partial charge is 0.591 e. The van der Waals surface area contributed by atoms with Crippen molar-refractivity contribution in [2.75, 3.05) is 0 Å². The fourth-order valence-corrected chi connectivity index (χ4v) is 2.05. The summed E-state index contributed by atoms with van der Waals surface area (Å²) in [6, 6.07) is 5.93. The highest BCUT2D eigenvalue weighted by Crippen LogP contribution is 2.18.